The summed E-state index contributed by atoms with van der Waals surface area (Å²) in [5.74, 6) is -4.69. The summed E-state index contributed by atoms with van der Waals surface area (Å²) in [4.78, 5) is -4.64. The molecule has 0 aliphatic carbocycles. The first-order valence-electron chi connectivity index (χ1n) is 7.19. The summed E-state index contributed by atoms with van der Waals surface area (Å²) < 4.78 is 109. The van der Waals surface area contributed by atoms with E-state index in [0.29, 0.717) is 0 Å². The van der Waals surface area contributed by atoms with E-state index >= 15 is 0 Å². The number of halogens is 8. The van der Waals surface area contributed by atoms with Crippen LogP contribution in [-0.2, 0) is 13.3 Å². The quantitative estimate of drug-likeness (QED) is 0.238. The Morgan fingerprint density at radius 1 is 0.875 bits per heavy atom. The molecule has 0 aromatic carbocycles. The van der Waals surface area contributed by atoms with Gasteiger partial charge in [0.15, 0.2) is 6.17 Å². The third-order valence-electron chi connectivity index (χ3n) is 2.93. The highest BCUT2D eigenvalue weighted by atomic mass is 79.9. The molecule has 0 rings (SSSR count). The second-order valence-corrected chi connectivity index (χ2v) is 8.33. The zero-order valence-electron chi connectivity index (χ0n) is 13.4. The molecule has 0 aliphatic heterocycles. The Morgan fingerprint density at radius 2 is 1.25 bits per heavy atom. The SMILES string of the molecule is CCO[Si](OCC)(OCC)C(F)(F)C(F)CCC(F)(F)C(F)(F)Br. The van der Waals surface area contributed by atoms with Crippen molar-refractivity contribution in [2.24, 2.45) is 0 Å². The smallest absolute Gasteiger partial charge is 0.370 e. The first-order chi connectivity index (χ1) is 10.8. The standard InChI is InChI=1S/C12H20BrF7O3Si/c1-4-21-24(22-5-2,23-6-3)11(17,18)9(14)7-8-10(15,16)12(13,19)20/h9H,4-8H2,1-3H3. The fourth-order valence-corrected chi connectivity index (χ4v) is 4.50. The van der Waals surface area contributed by atoms with Crippen LogP contribution in [0, 0.1) is 0 Å². The normalized spacial score (nSPS) is 15.6. The van der Waals surface area contributed by atoms with Gasteiger partial charge in [-0.15, -0.1) is 0 Å². The first-order valence-corrected chi connectivity index (χ1v) is 9.71. The van der Waals surface area contributed by atoms with Crippen molar-refractivity contribution in [1.29, 1.82) is 0 Å². The molecule has 1 unspecified atom stereocenters. The molecule has 1 atom stereocenters. The van der Waals surface area contributed by atoms with Gasteiger partial charge in [-0.2, -0.15) is 26.3 Å². The van der Waals surface area contributed by atoms with Crippen LogP contribution in [0.5, 0.6) is 0 Å². The predicted molar refractivity (Wildman–Crippen MR) is 78.5 cm³/mol. The van der Waals surface area contributed by atoms with E-state index in [1.54, 1.807) is 0 Å². The van der Waals surface area contributed by atoms with Crippen LogP contribution in [0.1, 0.15) is 33.6 Å². The van der Waals surface area contributed by atoms with Crippen LogP contribution in [0.4, 0.5) is 30.7 Å². The van der Waals surface area contributed by atoms with E-state index < -0.39 is 44.1 Å². The second kappa shape index (κ2) is 9.15. The highest BCUT2D eigenvalue weighted by Gasteiger charge is 2.69. The molecule has 0 amide bonds. The molecule has 0 radical (unpaired) electrons. The molecule has 3 nitrogen and oxygen atoms in total. The number of hydrogen-bond acceptors (Lipinski definition) is 3. The average molecular weight is 453 g/mol. The Balaban J connectivity index is 5.34. The summed E-state index contributed by atoms with van der Waals surface area (Å²) >= 11 is 1.46. The summed E-state index contributed by atoms with van der Waals surface area (Å²) in [6.07, 6.45) is -6.52. The van der Waals surface area contributed by atoms with Crippen molar-refractivity contribution in [2.45, 2.75) is 56.1 Å². The highest BCUT2D eigenvalue weighted by Crippen LogP contribution is 2.44. The van der Waals surface area contributed by atoms with Gasteiger partial charge in [0.2, 0.25) is 0 Å². The van der Waals surface area contributed by atoms with Gasteiger partial charge in [0, 0.05) is 26.2 Å². The van der Waals surface area contributed by atoms with Gasteiger partial charge in [-0.3, -0.25) is 0 Å². The predicted octanol–water partition coefficient (Wildman–Crippen LogP) is 4.95. The van der Waals surface area contributed by atoms with Crippen molar-refractivity contribution >= 4 is 24.7 Å². The van der Waals surface area contributed by atoms with E-state index in [1.165, 1.54) is 36.7 Å². The Bertz CT molecular complexity index is 365. The maximum Gasteiger partial charge on any atom is 0.577 e. The lowest BCUT2D eigenvalue weighted by atomic mass is 10.1. The van der Waals surface area contributed by atoms with Crippen LogP contribution < -0.4 is 0 Å². The molecule has 0 heterocycles. The van der Waals surface area contributed by atoms with Gasteiger partial charge >= 0.3 is 25.1 Å². The third kappa shape index (κ3) is 5.54. The average Bonchev–Trinajstić information content (AvgIpc) is 2.44. The molecule has 12 heteroatoms. The van der Waals surface area contributed by atoms with Crippen LogP contribution in [0.2, 0.25) is 0 Å². The first kappa shape index (κ1) is 24.1. The molecule has 146 valence electrons. The van der Waals surface area contributed by atoms with Crippen LogP contribution in [0.3, 0.4) is 0 Å². The van der Waals surface area contributed by atoms with Crippen molar-refractivity contribution in [1.82, 2.24) is 0 Å². The summed E-state index contributed by atoms with van der Waals surface area (Å²) in [5.41, 5.74) is -4.37. The minimum absolute atomic E-state index is 0.288. The Hall–Kier alpha value is 0.0869. The lowest BCUT2D eigenvalue weighted by Gasteiger charge is -2.36. The monoisotopic (exact) mass is 452 g/mol. The van der Waals surface area contributed by atoms with Crippen molar-refractivity contribution < 1.29 is 44.0 Å². The minimum atomic E-state index is -4.88. The van der Waals surface area contributed by atoms with E-state index in [4.69, 9.17) is 13.3 Å². The van der Waals surface area contributed by atoms with Crippen molar-refractivity contribution in [3.8, 4) is 0 Å². The molecule has 0 aromatic heterocycles. The van der Waals surface area contributed by atoms with E-state index in [-0.39, 0.29) is 19.8 Å². The summed E-state index contributed by atoms with van der Waals surface area (Å²) in [5, 5.41) is 0. The van der Waals surface area contributed by atoms with Crippen LogP contribution in [0.15, 0.2) is 0 Å². The maximum atomic E-state index is 14.4. The Labute approximate surface area is 145 Å². The Morgan fingerprint density at radius 3 is 1.54 bits per heavy atom. The minimum Gasteiger partial charge on any atom is -0.370 e. The molecule has 24 heavy (non-hydrogen) atoms. The molecule has 0 fully saturated rings. The largest absolute Gasteiger partial charge is 0.577 e. The van der Waals surface area contributed by atoms with E-state index in [9.17, 15) is 30.7 Å². The van der Waals surface area contributed by atoms with Gasteiger partial charge in [-0.1, -0.05) is 0 Å². The summed E-state index contributed by atoms with van der Waals surface area (Å²) in [6.45, 7) is 3.19. The topological polar surface area (TPSA) is 27.7 Å². The highest BCUT2D eigenvalue weighted by molar-refractivity contribution is 9.10. The second-order valence-electron chi connectivity index (χ2n) is 4.69. The van der Waals surface area contributed by atoms with Gasteiger partial charge in [0.05, 0.1) is 0 Å². The van der Waals surface area contributed by atoms with Crippen LogP contribution in [0.25, 0.3) is 0 Å². The van der Waals surface area contributed by atoms with Gasteiger partial charge in [0.25, 0.3) is 0 Å². The molecule has 0 aromatic rings. The number of rotatable bonds is 12. The van der Waals surface area contributed by atoms with E-state index in [0.717, 1.165) is 0 Å². The summed E-state index contributed by atoms with van der Waals surface area (Å²) in [7, 11) is -4.88. The molecular weight excluding hydrogens is 433 g/mol. The van der Waals surface area contributed by atoms with Gasteiger partial charge in [0.1, 0.15) is 0 Å². The van der Waals surface area contributed by atoms with Crippen molar-refractivity contribution in [2.75, 3.05) is 19.8 Å². The van der Waals surface area contributed by atoms with Crippen LogP contribution in [-0.4, -0.2) is 51.1 Å². The molecule has 0 saturated heterocycles. The van der Waals surface area contributed by atoms with E-state index in [2.05, 4.69) is 0 Å². The van der Waals surface area contributed by atoms with Gasteiger partial charge in [-0.25, -0.2) is 4.39 Å². The summed E-state index contributed by atoms with van der Waals surface area (Å²) in [6, 6.07) is 0. The molecule has 0 N–H and O–H groups in total. The lowest BCUT2D eigenvalue weighted by molar-refractivity contribution is -0.160. The number of hydrogen-bond donors (Lipinski definition) is 0. The molecule has 0 spiro atoms. The maximum absolute atomic E-state index is 14.4. The fraction of sp³-hybridized carbons (Fsp3) is 1.00. The fourth-order valence-electron chi connectivity index (χ4n) is 1.81. The van der Waals surface area contributed by atoms with Crippen molar-refractivity contribution in [3.63, 3.8) is 0 Å². The lowest BCUT2D eigenvalue weighted by Crippen LogP contribution is -2.65. The zero-order valence-corrected chi connectivity index (χ0v) is 15.9. The van der Waals surface area contributed by atoms with E-state index in [1.807, 2.05) is 0 Å². The molecule has 0 saturated carbocycles. The number of alkyl halides is 8. The molecular formula is C12H20BrF7O3Si. The Kier molecular flexibility index (Phi) is 9.18. The molecule has 0 aliphatic rings. The van der Waals surface area contributed by atoms with Gasteiger partial charge in [-0.05, 0) is 43.1 Å². The van der Waals surface area contributed by atoms with Crippen LogP contribution >= 0.6 is 15.9 Å². The van der Waals surface area contributed by atoms with Crippen molar-refractivity contribution in [3.05, 3.63) is 0 Å². The zero-order chi connectivity index (χ0) is 19.2. The third-order valence-corrected chi connectivity index (χ3v) is 6.65. The molecule has 0 bridgehead atoms. The van der Waals surface area contributed by atoms with Gasteiger partial charge < -0.3 is 13.3 Å².